The fourth-order valence-electron chi connectivity index (χ4n) is 5.81. The van der Waals surface area contributed by atoms with Gasteiger partial charge < -0.3 is 10.2 Å². The molecule has 1 aromatic heterocycles. The first kappa shape index (κ1) is 12.3. The number of para-hydroxylation sites is 1. The number of hydrogen-bond donors (Lipinski definition) is 1. The van der Waals surface area contributed by atoms with E-state index >= 15 is 0 Å². The van der Waals surface area contributed by atoms with E-state index in [1.165, 1.54) is 30.2 Å². The van der Waals surface area contributed by atoms with E-state index in [0.717, 1.165) is 47.4 Å². The van der Waals surface area contributed by atoms with E-state index in [2.05, 4.69) is 25.1 Å². The SMILES string of the molecule is CCc1oc2ccccc2c1C(N)C1C2C3CCC(C3)C21. The predicted molar refractivity (Wildman–Crippen MR) is 83.8 cm³/mol. The van der Waals surface area contributed by atoms with Crippen molar-refractivity contribution in [3.05, 3.63) is 35.6 Å². The summed E-state index contributed by atoms with van der Waals surface area (Å²) in [6.45, 7) is 2.17. The quantitative estimate of drug-likeness (QED) is 0.911. The number of nitrogens with two attached hydrogens (primary N) is 1. The molecule has 0 saturated heterocycles. The lowest BCUT2D eigenvalue weighted by atomic mass is 9.91. The Labute approximate surface area is 125 Å². The van der Waals surface area contributed by atoms with Crippen molar-refractivity contribution in [2.75, 3.05) is 0 Å². The van der Waals surface area contributed by atoms with Gasteiger partial charge in [-0.25, -0.2) is 0 Å². The highest BCUT2D eigenvalue weighted by atomic mass is 16.3. The summed E-state index contributed by atoms with van der Waals surface area (Å²) >= 11 is 0. The van der Waals surface area contributed by atoms with Crippen LogP contribution in [0.1, 0.15) is 43.6 Å². The smallest absolute Gasteiger partial charge is 0.134 e. The number of hydrogen-bond acceptors (Lipinski definition) is 2. The largest absolute Gasteiger partial charge is 0.461 e. The molecule has 21 heavy (non-hydrogen) atoms. The molecule has 3 aliphatic rings. The summed E-state index contributed by atoms with van der Waals surface area (Å²) in [7, 11) is 0. The fraction of sp³-hybridized carbons (Fsp3) is 0.579. The minimum Gasteiger partial charge on any atom is -0.461 e. The Hall–Kier alpha value is -1.28. The molecule has 0 spiro atoms. The molecule has 2 bridgehead atoms. The van der Waals surface area contributed by atoms with Crippen molar-refractivity contribution in [2.45, 2.75) is 38.6 Å². The van der Waals surface area contributed by atoms with Crippen LogP contribution in [0.4, 0.5) is 0 Å². The molecule has 5 unspecified atom stereocenters. The van der Waals surface area contributed by atoms with E-state index in [9.17, 15) is 0 Å². The molecule has 2 heteroatoms. The molecule has 2 nitrogen and oxygen atoms in total. The van der Waals surface area contributed by atoms with Crippen molar-refractivity contribution in [3.63, 3.8) is 0 Å². The van der Waals surface area contributed by atoms with E-state index in [-0.39, 0.29) is 6.04 Å². The summed E-state index contributed by atoms with van der Waals surface area (Å²) in [6, 6.07) is 8.58. The van der Waals surface area contributed by atoms with Crippen LogP contribution in [-0.4, -0.2) is 0 Å². The number of fused-ring (bicyclic) bond motifs is 6. The van der Waals surface area contributed by atoms with Gasteiger partial charge in [0.1, 0.15) is 11.3 Å². The number of furan rings is 1. The van der Waals surface area contributed by atoms with Crippen LogP contribution in [0.15, 0.2) is 28.7 Å². The first-order chi connectivity index (χ1) is 10.3. The van der Waals surface area contributed by atoms with Gasteiger partial charge >= 0.3 is 0 Å². The molecular formula is C19H23NO. The van der Waals surface area contributed by atoms with Crippen molar-refractivity contribution in [3.8, 4) is 0 Å². The summed E-state index contributed by atoms with van der Waals surface area (Å²) < 4.78 is 6.06. The van der Waals surface area contributed by atoms with Crippen molar-refractivity contribution in [1.29, 1.82) is 0 Å². The van der Waals surface area contributed by atoms with Crippen LogP contribution >= 0.6 is 0 Å². The lowest BCUT2D eigenvalue weighted by molar-refractivity contribution is 0.413. The van der Waals surface area contributed by atoms with Crippen LogP contribution < -0.4 is 5.73 Å². The number of aryl methyl sites for hydroxylation is 1. The number of benzene rings is 1. The third kappa shape index (κ3) is 1.52. The standard InChI is InChI=1S/C19H23NO/c1-2-13-17(12-5-3-4-6-14(12)21-13)19(20)18-15-10-7-8-11(9-10)16(15)18/h3-6,10-11,15-16,18-19H,2,7-9,20H2,1H3. The highest BCUT2D eigenvalue weighted by Crippen LogP contribution is 2.72. The van der Waals surface area contributed by atoms with Gasteiger partial charge in [0.25, 0.3) is 0 Å². The van der Waals surface area contributed by atoms with E-state index in [1.54, 1.807) is 0 Å². The highest BCUT2D eigenvalue weighted by Gasteiger charge is 2.66. The van der Waals surface area contributed by atoms with Gasteiger partial charge in [0, 0.05) is 23.4 Å². The minimum atomic E-state index is 0.182. The Morgan fingerprint density at radius 2 is 1.90 bits per heavy atom. The van der Waals surface area contributed by atoms with Crippen LogP contribution in [0, 0.1) is 29.6 Å². The Morgan fingerprint density at radius 3 is 2.62 bits per heavy atom. The Balaban J connectivity index is 1.56. The van der Waals surface area contributed by atoms with Gasteiger partial charge in [-0.15, -0.1) is 0 Å². The summed E-state index contributed by atoms with van der Waals surface area (Å²) in [6.07, 6.45) is 5.35. The molecule has 2 N–H and O–H groups in total. The molecule has 2 aromatic rings. The fourth-order valence-corrected chi connectivity index (χ4v) is 5.81. The normalized spacial score (nSPS) is 37.9. The first-order valence-electron chi connectivity index (χ1n) is 8.55. The van der Waals surface area contributed by atoms with Gasteiger partial charge in [-0.2, -0.15) is 0 Å². The summed E-state index contributed by atoms with van der Waals surface area (Å²) in [5.74, 6) is 5.66. The lowest BCUT2D eigenvalue weighted by Gasteiger charge is -2.16. The average molecular weight is 281 g/mol. The zero-order valence-electron chi connectivity index (χ0n) is 12.6. The molecule has 1 heterocycles. The van der Waals surface area contributed by atoms with Gasteiger partial charge in [-0.05, 0) is 54.9 Å². The van der Waals surface area contributed by atoms with Crippen LogP contribution in [0.2, 0.25) is 0 Å². The molecule has 0 amide bonds. The van der Waals surface area contributed by atoms with Gasteiger partial charge in [0.05, 0.1) is 0 Å². The Bertz CT molecular complexity index is 687. The van der Waals surface area contributed by atoms with Crippen LogP contribution in [0.3, 0.4) is 0 Å². The summed E-state index contributed by atoms with van der Waals surface area (Å²) in [5.41, 5.74) is 9.09. The molecule has 3 aliphatic carbocycles. The van der Waals surface area contributed by atoms with E-state index in [0.29, 0.717) is 0 Å². The number of rotatable bonds is 3. The lowest BCUT2D eigenvalue weighted by Crippen LogP contribution is -2.18. The molecular weight excluding hydrogens is 258 g/mol. The molecule has 5 atom stereocenters. The summed E-state index contributed by atoms with van der Waals surface area (Å²) in [5, 5.41) is 1.25. The van der Waals surface area contributed by atoms with Gasteiger partial charge in [-0.1, -0.05) is 25.1 Å². The maximum absolute atomic E-state index is 6.77. The van der Waals surface area contributed by atoms with E-state index in [1.807, 2.05) is 6.07 Å². The zero-order valence-corrected chi connectivity index (χ0v) is 12.6. The van der Waals surface area contributed by atoms with Crippen LogP contribution in [0.5, 0.6) is 0 Å². The Morgan fingerprint density at radius 1 is 1.19 bits per heavy atom. The van der Waals surface area contributed by atoms with E-state index < -0.39 is 0 Å². The minimum absolute atomic E-state index is 0.182. The van der Waals surface area contributed by atoms with Crippen molar-refractivity contribution in [1.82, 2.24) is 0 Å². The maximum Gasteiger partial charge on any atom is 0.134 e. The van der Waals surface area contributed by atoms with E-state index in [4.69, 9.17) is 10.2 Å². The maximum atomic E-state index is 6.77. The predicted octanol–water partition coefficient (Wildman–Crippen LogP) is 4.29. The highest BCUT2D eigenvalue weighted by molar-refractivity contribution is 5.83. The second-order valence-corrected chi connectivity index (χ2v) is 7.38. The van der Waals surface area contributed by atoms with Gasteiger partial charge in [-0.3, -0.25) is 0 Å². The summed E-state index contributed by atoms with van der Waals surface area (Å²) in [4.78, 5) is 0. The zero-order chi connectivity index (χ0) is 14.1. The topological polar surface area (TPSA) is 39.2 Å². The average Bonchev–Trinajstić information content (AvgIpc) is 2.86. The van der Waals surface area contributed by atoms with Gasteiger partial charge in [0.2, 0.25) is 0 Å². The molecule has 0 radical (unpaired) electrons. The van der Waals surface area contributed by atoms with Crippen molar-refractivity contribution in [2.24, 2.45) is 35.3 Å². The Kier molecular flexibility index (Phi) is 2.42. The third-order valence-electron chi connectivity index (χ3n) is 6.57. The molecule has 0 aliphatic heterocycles. The van der Waals surface area contributed by atoms with Crippen molar-refractivity contribution < 1.29 is 4.42 Å². The van der Waals surface area contributed by atoms with Crippen molar-refractivity contribution >= 4 is 11.0 Å². The monoisotopic (exact) mass is 281 g/mol. The molecule has 3 fully saturated rings. The molecule has 110 valence electrons. The van der Waals surface area contributed by atoms with Gasteiger partial charge in [0.15, 0.2) is 0 Å². The molecule has 3 saturated carbocycles. The molecule has 1 aromatic carbocycles. The first-order valence-corrected chi connectivity index (χ1v) is 8.55. The second-order valence-electron chi connectivity index (χ2n) is 7.38. The van der Waals surface area contributed by atoms with Crippen LogP contribution in [0.25, 0.3) is 11.0 Å². The second kappa shape index (κ2) is 4.13. The van der Waals surface area contributed by atoms with Crippen LogP contribution in [-0.2, 0) is 6.42 Å². The molecule has 5 rings (SSSR count). The third-order valence-corrected chi connectivity index (χ3v) is 6.57.